The highest BCUT2D eigenvalue weighted by molar-refractivity contribution is 7.17. The number of hydroxylamine groups is 1. The Kier molecular flexibility index (Phi) is 5.96. The van der Waals surface area contributed by atoms with Crippen molar-refractivity contribution in [1.82, 2.24) is 0 Å². The smallest absolute Gasteiger partial charge is 0.341 e. The Morgan fingerprint density at radius 1 is 1.05 bits per heavy atom. The Morgan fingerprint density at radius 2 is 1.76 bits per heavy atom. The number of carbonyl (C=O) groups is 3. The number of hydrogen-bond donors (Lipinski definition) is 0. The number of nitrogens with zero attached hydrogens (tertiary/aromatic N) is 3. The molecule has 1 aliphatic carbocycles. The highest BCUT2D eigenvalue weighted by Gasteiger charge is 2.61. The maximum atomic E-state index is 14.1. The van der Waals surface area contributed by atoms with Gasteiger partial charge >= 0.3 is 5.97 Å². The molecular formula is C27H23N3O7S. The average molecular weight is 534 g/mol. The number of non-ortho nitro benzene ring substituents is 1. The minimum absolute atomic E-state index is 0.0854. The van der Waals surface area contributed by atoms with E-state index in [1.165, 1.54) is 35.6 Å². The first-order chi connectivity index (χ1) is 18.4. The lowest BCUT2D eigenvalue weighted by Crippen LogP contribution is -2.37. The molecule has 0 bridgehead atoms. The number of aryl methyl sites for hydroxylation is 1. The molecule has 3 aliphatic rings. The number of rotatable bonds is 5. The Hall–Kier alpha value is -4.09. The van der Waals surface area contributed by atoms with Crippen molar-refractivity contribution in [2.75, 3.05) is 17.1 Å². The molecule has 3 aromatic rings. The molecule has 0 spiro atoms. The van der Waals surface area contributed by atoms with Gasteiger partial charge in [-0.15, -0.1) is 11.3 Å². The number of esters is 1. The Labute approximate surface area is 221 Å². The quantitative estimate of drug-likeness (QED) is 0.205. The van der Waals surface area contributed by atoms with Crippen LogP contribution in [0.5, 0.6) is 0 Å². The van der Waals surface area contributed by atoms with Gasteiger partial charge < -0.3 is 4.74 Å². The molecule has 2 amide bonds. The molecule has 0 N–H and O–H groups in total. The molecule has 0 unspecified atom stereocenters. The summed E-state index contributed by atoms with van der Waals surface area (Å²) >= 11 is 1.29. The zero-order chi connectivity index (χ0) is 26.6. The van der Waals surface area contributed by atoms with Crippen LogP contribution in [0.4, 0.5) is 16.4 Å². The van der Waals surface area contributed by atoms with Crippen LogP contribution in [0, 0.1) is 16.0 Å². The number of benzene rings is 2. The van der Waals surface area contributed by atoms with Gasteiger partial charge in [0.25, 0.3) is 11.6 Å². The monoisotopic (exact) mass is 533 g/mol. The first-order valence-corrected chi connectivity index (χ1v) is 13.1. The SMILES string of the molecule is COC(=O)c1c(N2C(=O)[C@H]3[C@H](ON(c4ccccc4)[C@H]3c3ccc([N+](=O)[O-])cc3)C2=O)sc2c1CCCC2. The molecule has 2 fully saturated rings. The Bertz CT molecular complexity index is 1450. The van der Waals surface area contributed by atoms with Gasteiger partial charge in [0.1, 0.15) is 10.9 Å². The maximum Gasteiger partial charge on any atom is 0.341 e. The zero-order valence-electron chi connectivity index (χ0n) is 20.4. The minimum atomic E-state index is -1.12. The summed E-state index contributed by atoms with van der Waals surface area (Å²) in [5, 5.41) is 13.0. The van der Waals surface area contributed by atoms with E-state index in [1.807, 2.05) is 18.2 Å². The predicted molar refractivity (Wildman–Crippen MR) is 138 cm³/mol. The van der Waals surface area contributed by atoms with E-state index in [0.29, 0.717) is 17.7 Å². The van der Waals surface area contributed by atoms with Crippen LogP contribution in [0.25, 0.3) is 0 Å². The van der Waals surface area contributed by atoms with Gasteiger partial charge in [-0.3, -0.25) is 24.5 Å². The van der Waals surface area contributed by atoms with Gasteiger partial charge in [-0.1, -0.05) is 30.3 Å². The van der Waals surface area contributed by atoms with E-state index in [9.17, 15) is 24.5 Å². The second-order valence-corrected chi connectivity index (χ2v) is 10.5. The number of thiophene rings is 1. The number of amides is 2. The van der Waals surface area contributed by atoms with E-state index in [4.69, 9.17) is 9.57 Å². The Morgan fingerprint density at radius 3 is 2.45 bits per heavy atom. The van der Waals surface area contributed by atoms with E-state index < -0.39 is 40.8 Å². The van der Waals surface area contributed by atoms with Gasteiger partial charge in [0.05, 0.1) is 29.3 Å². The number of imide groups is 1. The molecule has 3 heterocycles. The van der Waals surface area contributed by atoms with E-state index in [1.54, 1.807) is 24.3 Å². The summed E-state index contributed by atoms with van der Waals surface area (Å²) in [5.74, 6) is -2.52. The fourth-order valence-corrected chi connectivity index (χ4v) is 6.95. The number of hydrogen-bond acceptors (Lipinski definition) is 9. The molecule has 11 heteroatoms. The summed E-state index contributed by atoms with van der Waals surface area (Å²) in [5.41, 5.74) is 2.27. The molecule has 1 aromatic heterocycles. The summed E-state index contributed by atoms with van der Waals surface area (Å²) in [6.07, 6.45) is 2.22. The summed E-state index contributed by atoms with van der Waals surface area (Å²) in [6.45, 7) is 0. The van der Waals surface area contributed by atoms with Crippen molar-refractivity contribution >= 4 is 45.5 Å². The largest absolute Gasteiger partial charge is 0.465 e. The van der Waals surface area contributed by atoms with Gasteiger partial charge in [0, 0.05) is 17.0 Å². The third-order valence-electron chi connectivity index (χ3n) is 7.32. The second kappa shape index (κ2) is 9.34. The summed E-state index contributed by atoms with van der Waals surface area (Å²) in [7, 11) is 1.28. The maximum absolute atomic E-state index is 14.1. The summed E-state index contributed by atoms with van der Waals surface area (Å²) in [6, 6.07) is 14.2. The third-order valence-corrected chi connectivity index (χ3v) is 8.59. The first-order valence-electron chi connectivity index (χ1n) is 12.3. The summed E-state index contributed by atoms with van der Waals surface area (Å²) < 4.78 is 5.05. The van der Waals surface area contributed by atoms with Crippen molar-refractivity contribution in [3.05, 3.63) is 86.3 Å². The van der Waals surface area contributed by atoms with Crippen LogP contribution in [0.3, 0.4) is 0 Å². The van der Waals surface area contributed by atoms with Crippen molar-refractivity contribution in [2.24, 2.45) is 5.92 Å². The number of fused-ring (bicyclic) bond motifs is 2. The molecule has 194 valence electrons. The van der Waals surface area contributed by atoms with Gasteiger partial charge in [-0.25, -0.2) is 14.8 Å². The molecule has 2 aliphatic heterocycles. The number of anilines is 2. The standard InChI is InChI=1S/C27H23N3O7S/c1-36-27(33)20-18-9-5-6-10-19(18)38-26(20)28-24(31)21-22(15-11-13-17(14-12-15)30(34)35)29(37-23(21)25(28)32)16-7-3-2-4-8-16/h2-4,7-8,11-14,21-23H,5-6,9-10H2,1H3/t21-,22+,23+/m1/s1. The lowest BCUT2D eigenvalue weighted by Gasteiger charge is -2.28. The van der Waals surface area contributed by atoms with Gasteiger partial charge in [0.15, 0.2) is 6.10 Å². The number of carbonyl (C=O) groups excluding carboxylic acids is 3. The van der Waals surface area contributed by atoms with E-state index in [-0.39, 0.29) is 16.3 Å². The van der Waals surface area contributed by atoms with Crippen LogP contribution >= 0.6 is 11.3 Å². The van der Waals surface area contributed by atoms with Gasteiger partial charge in [0.2, 0.25) is 5.91 Å². The fourth-order valence-electron chi connectivity index (χ4n) is 5.57. The number of para-hydroxylation sites is 1. The summed E-state index contributed by atoms with van der Waals surface area (Å²) in [4.78, 5) is 59.6. The van der Waals surface area contributed by atoms with Gasteiger partial charge in [-0.05, 0) is 48.9 Å². The van der Waals surface area contributed by atoms with Crippen LogP contribution in [-0.4, -0.2) is 35.9 Å². The molecular weight excluding hydrogens is 510 g/mol. The van der Waals surface area contributed by atoms with Crippen molar-refractivity contribution in [3.8, 4) is 0 Å². The molecule has 0 radical (unpaired) electrons. The topological polar surface area (TPSA) is 119 Å². The number of nitro groups is 1. The van der Waals surface area contributed by atoms with Crippen molar-refractivity contribution in [2.45, 2.75) is 37.8 Å². The van der Waals surface area contributed by atoms with Crippen molar-refractivity contribution in [1.29, 1.82) is 0 Å². The van der Waals surface area contributed by atoms with E-state index in [2.05, 4.69) is 0 Å². The number of methoxy groups -OCH3 is 1. The molecule has 10 nitrogen and oxygen atoms in total. The van der Waals surface area contributed by atoms with Gasteiger partial charge in [-0.2, -0.15) is 0 Å². The van der Waals surface area contributed by atoms with E-state index >= 15 is 0 Å². The van der Waals surface area contributed by atoms with Crippen molar-refractivity contribution in [3.63, 3.8) is 0 Å². The molecule has 6 rings (SSSR count). The number of ether oxygens (including phenoxy) is 1. The van der Waals surface area contributed by atoms with Crippen molar-refractivity contribution < 1.29 is 28.9 Å². The molecule has 2 saturated heterocycles. The first kappa shape index (κ1) is 24.3. The second-order valence-electron chi connectivity index (χ2n) is 9.40. The highest BCUT2D eigenvalue weighted by atomic mass is 32.1. The lowest BCUT2D eigenvalue weighted by atomic mass is 9.90. The molecule has 2 aromatic carbocycles. The molecule has 38 heavy (non-hydrogen) atoms. The highest BCUT2D eigenvalue weighted by Crippen LogP contribution is 2.50. The minimum Gasteiger partial charge on any atom is -0.465 e. The Balaban J connectivity index is 1.44. The van der Waals surface area contributed by atoms with Crippen LogP contribution in [0.1, 0.15) is 45.2 Å². The van der Waals surface area contributed by atoms with Crippen LogP contribution in [0.2, 0.25) is 0 Å². The fraction of sp³-hybridized carbons (Fsp3) is 0.296. The zero-order valence-corrected chi connectivity index (χ0v) is 21.2. The number of nitro benzene ring substituents is 1. The predicted octanol–water partition coefficient (Wildman–Crippen LogP) is 4.37. The van der Waals surface area contributed by atoms with Crippen LogP contribution in [0.15, 0.2) is 54.6 Å². The van der Waals surface area contributed by atoms with Crippen LogP contribution in [-0.2, 0) is 32.0 Å². The lowest BCUT2D eigenvalue weighted by molar-refractivity contribution is -0.384. The average Bonchev–Trinajstić information content (AvgIpc) is 3.59. The molecule has 0 saturated carbocycles. The normalized spacial score (nSPS) is 22.4. The van der Waals surface area contributed by atoms with E-state index in [0.717, 1.165) is 34.6 Å². The van der Waals surface area contributed by atoms with Crippen LogP contribution < -0.4 is 9.96 Å². The third kappa shape index (κ3) is 3.69. The molecule has 3 atom stereocenters.